The first-order valence-corrected chi connectivity index (χ1v) is 6.60. The molecule has 0 heterocycles. The third kappa shape index (κ3) is 4.03. The summed E-state index contributed by atoms with van der Waals surface area (Å²) in [6.07, 6.45) is 0.853. The summed E-state index contributed by atoms with van der Waals surface area (Å²) >= 11 is 0. The van der Waals surface area contributed by atoms with Gasteiger partial charge in [0.1, 0.15) is 5.82 Å². The van der Waals surface area contributed by atoms with E-state index in [-0.39, 0.29) is 24.4 Å². The normalized spacial score (nSPS) is 14.4. The molecule has 3 nitrogen and oxygen atoms in total. The highest BCUT2D eigenvalue weighted by atomic mass is 19.1. The average Bonchev–Trinajstić information content (AvgIpc) is 2.37. The van der Waals surface area contributed by atoms with Gasteiger partial charge in [-0.05, 0) is 44.4 Å². The van der Waals surface area contributed by atoms with Crippen LogP contribution in [0.4, 0.5) is 4.39 Å². The van der Waals surface area contributed by atoms with E-state index in [1.807, 2.05) is 31.7 Å². The predicted octanol–water partition coefficient (Wildman–Crippen LogP) is 3.38. The van der Waals surface area contributed by atoms with Crippen LogP contribution in [0, 0.1) is 12.7 Å². The summed E-state index contributed by atoms with van der Waals surface area (Å²) in [5.41, 5.74) is 1.41. The SMILES string of the molecule is CCC(C)N(CC(=O)O)C(C)c1ccc(C)c(F)c1. The van der Waals surface area contributed by atoms with Crippen molar-refractivity contribution in [2.45, 2.75) is 46.2 Å². The van der Waals surface area contributed by atoms with Gasteiger partial charge in [-0.3, -0.25) is 9.69 Å². The standard InChI is InChI=1S/C15H22FNO2/c1-5-11(3)17(9-15(18)19)12(4)13-7-6-10(2)14(16)8-13/h6-8,11-12H,5,9H2,1-4H3,(H,18,19). The monoisotopic (exact) mass is 267 g/mol. The van der Waals surface area contributed by atoms with Gasteiger partial charge in [0.05, 0.1) is 6.54 Å². The molecule has 0 spiro atoms. The fourth-order valence-electron chi connectivity index (χ4n) is 2.13. The molecule has 1 aromatic rings. The van der Waals surface area contributed by atoms with Gasteiger partial charge in [0.15, 0.2) is 0 Å². The lowest BCUT2D eigenvalue weighted by Crippen LogP contribution is -2.39. The molecule has 0 aliphatic heterocycles. The first kappa shape index (κ1) is 15.6. The van der Waals surface area contributed by atoms with Crippen LogP contribution in [0.3, 0.4) is 0 Å². The van der Waals surface area contributed by atoms with Gasteiger partial charge < -0.3 is 5.11 Å². The van der Waals surface area contributed by atoms with Crippen LogP contribution in [-0.2, 0) is 4.79 Å². The maximum Gasteiger partial charge on any atom is 0.317 e. The van der Waals surface area contributed by atoms with Crippen molar-refractivity contribution in [1.29, 1.82) is 0 Å². The number of carboxylic acids is 1. The predicted molar refractivity (Wildman–Crippen MR) is 73.6 cm³/mol. The summed E-state index contributed by atoms with van der Waals surface area (Å²) in [5, 5.41) is 9.01. The van der Waals surface area contributed by atoms with Crippen molar-refractivity contribution in [2.75, 3.05) is 6.54 Å². The van der Waals surface area contributed by atoms with Crippen LogP contribution >= 0.6 is 0 Å². The fraction of sp³-hybridized carbons (Fsp3) is 0.533. The number of halogens is 1. The molecule has 0 aromatic heterocycles. The molecular weight excluding hydrogens is 245 g/mol. The highest BCUT2D eigenvalue weighted by Gasteiger charge is 2.23. The van der Waals surface area contributed by atoms with Crippen LogP contribution in [-0.4, -0.2) is 28.6 Å². The maximum absolute atomic E-state index is 13.6. The number of aryl methyl sites for hydroxylation is 1. The van der Waals surface area contributed by atoms with E-state index in [9.17, 15) is 9.18 Å². The number of hydrogen-bond acceptors (Lipinski definition) is 2. The minimum Gasteiger partial charge on any atom is -0.480 e. The Labute approximate surface area is 114 Å². The second-order valence-corrected chi connectivity index (χ2v) is 5.01. The molecule has 1 aromatic carbocycles. The number of rotatable bonds is 6. The summed E-state index contributed by atoms with van der Waals surface area (Å²) in [6, 6.07) is 5.10. The molecule has 0 radical (unpaired) electrons. The largest absolute Gasteiger partial charge is 0.480 e. The molecule has 0 saturated carbocycles. The molecule has 2 unspecified atom stereocenters. The number of carboxylic acid groups (broad SMARTS) is 1. The van der Waals surface area contributed by atoms with Gasteiger partial charge in [-0.2, -0.15) is 0 Å². The van der Waals surface area contributed by atoms with Gasteiger partial charge in [-0.25, -0.2) is 4.39 Å². The first-order valence-electron chi connectivity index (χ1n) is 6.60. The van der Waals surface area contributed by atoms with Gasteiger partial charge in [-0.1, -0.05) is 19.1 Å². The van der Waals surface area contributed by atoms with Crippen molar-refractivity contribution < 1.29 is 14.3 Å². The van der Waals surface area contributed by atoms with Crippen molar-refractivity contribution in [3.05, 3.63) is 35.1 Å². The van der Waals surface area contributed by atoms with E-state index in [0.717, 1.165) is 12.0 Å². The molecule has 0 amide bonds. The first-order chi connectivity index (χ1) is 8.86. The zero-order valence-electron chi connectivity index (χ0n) is 12.0. The van der Waals surface area contributed by atoms with Gasteiger partial charge in [0.25, 0.3) is 0 Å². The minimum atomic E-state index is -0.861. The summed E-state index contributed by atoms with van der Waals surface area (Å²) < 4.78 is 13.6. The molecule has 0 saturated heterocycles. The smallest absolute Gasteiger partial charge is 0.317 e. The third-order valence-corrected chi connectivity index (χ3v) is 3.65. The Morgan fingerprint density at radius 3 is 2.53 bits per heavy atom. The van der Waals surface area contributed by atoms with Crippen molar-refractivity contribution in [3.63, 3.8) is 0 Å². The quantitative estimate of drug-likeness (QED) is 0.859. The number of aliphatic carboxylic acids is 1. The van der Waals surface area contributed by atoms with Crippen molar-refractivity contribution in [1.82, 2.24) is 4.90 Å². The lowest BCUT2D eigenvalue weighted by atomic mass is 10.0. The van der Waals surface area contributed by atoms with Crippen molar-refractivity contribution in [3.8, 4) is 0 Å². The van der Waals surface area contributed by atoms with Crippen LogP contribution in [0.2, 0.25) is 0 Å². The van der Waals surface area contributed by atoms with E-state index in [1.54, 1.807) is 13.0 Å². The van der Waals surface area contributed by atoms with Gasteiger partial charge >= 0.3 is 5.97 Å². The van der Waals surface area contributed by atoms with Crippen LogP contribution < -0.4 is 0 Å². The Morgan fingerprint density at radius 2 is 2.05 bits per heavy atom. The Balaban J connectivity index is 3.00. The number of carbonyl (C=O) groups is 1. The number of hydrogen-bond donors (Lipinski definition) is 1. The topological polar surface area (TPSA) is 40.5 Å². The fourth-order valence-corrected chi connectivity index (χ4v) is 2.13. The zero-order valence-corrected chi connectivity index (χ0v) is 12.0. The van der Waals surface area contributed by atoms with E-state index in [2.05, 4.69) is 0 Å². The van der Waals surface area contributed by atoms with E-state index < -0.39 is 5.97 Å². The van der Waals surface area contributed by atoms with E-state index in [4.69, 9.17) is 5.11 Å². The van der Waals surface area contributed by atoms with E-state index in [1.165, 1.54) is 6.07 Å². The summed E-state index contributed by atoms with van der Waals surface area (Å²) in [6.45, 7) is 7.60. The molecular formula is C15H22FNO2. The molecule has 19 heavy (non-hydrogen) atoms. The second kappa shape index (κ2) is 6.66. The Hall–Kier alpha value is -1.42. The van der Waals surface area contributed by atoms with Gasteiger partial charge in [0, 0.05) is 12.1 Å². The van der Waals surface area contributed by atoms with Crippen LogP contribution in [0.25, 0.3) is 0 Å². The van der Waals surface area contributed by atoms with Crippen LogP contribution in [0.1, 0.15) is 44.4 Å². The lowest BCUT2D eigenvalue weighted by Gasteiger charge is -2.33. The Bertz CT molecular complexity index is 448. The van der Waals surface area contributed by atoms with Crippen molar-refractivity contribution >= 4 is 5.97 Å². The molecule has 106 valence electrons. The lowest BCUT2D eigenvalue weighted by molar-refractivity contribution is -0.139. The molecule has 0 aliphatic rings. The Kier molecular flexibility index (Phi) is 5.48. The summed E-state index contributed by atoms with van der Waals surface area (Å²) in [5.74, 6) is -1.11. The molecule has 0 aliphatic carbocycles. The van der Waals surface area contributed by atoms with Crippen LogP contribution in [0.15, 0.2) is 18.2 Å². The van der Waals surface area contributed by atoms with E-state index in [0.29, 0.717) is 5.56 Å². The van der Waals surface area contributed by atoms with Crippen LogP contribution in [0.5, 0.6) is 0 Å². The van der Waals surface area contributed by atoms with Gasteiger partial charge in [0.2, 0.25) is 0 Å². The number of nitrogens with zero attached hydrogens (tertiary/aromatic N) is 1. The highest BCUT2D eigenvalue weighted by Crippen LogP contribution is 2.24. The molecule has 0 bridgehead atoms. The zero-order chi connectivity index (χ0) is 14.6. The summed E-state index contributed by atoms with van der Waals surface area (Å²) in [7, 11) is 0. The van der Waals surface area contributed by atoms with Gasteiger partial charge in [-0.15, -0.1) is 0 Å². The molecule has 4 heteroatoms. The third-order valence-electron chi connectivity index (χ3n) is 3.65. The summed E-state index contributed by atoms with van der Waals surface area (Å²) in [4.78, 5) is 12.9. The van der Waals surface area contributed by atoms with E-state index >= 15 is 0 Å². The second-order valence-electron chi connectivity index (χ2n) is 5.01. The minimum absolute atomic E-state index is 0.0360. The molecule has 1 N–H and O–H groups in total. The number of benzene rings is 1. The molecule has 1 rings (SSSR count). The van der Waals surface area contributed by atoms with Crippen molar-refractivity contribution in [2.24, 2.45) is 0 Å². The average molecular weight is 267 g/mol. The molecule has 0 fully saturated rings. The Morgan fingerprint density at radius 1 is 1.42 bits per heavy atom. The maximum atomic E-state index is 13.6. The molecule has 2 atom stereocenters. The highest BCUT2D eigenvalue weighted by molar-refractivity contribution is 5.69.